The third-order valence-corrected chi connectivity index (χ3v) is 4.55. The van der Waals surface area contributed by atoms with Crippen LogP contribution in [-0.4, -0.2) is 22.1 Å². The Bertz CT molecular complexity index is 571. The molecule has 135 valence electrons. The fourth-order valence-corrected chi connectivity index (χ4v) is 3.89. The molecular formula is C20H33O3Si. The Morgan fingerprint density at radius 1 is 1.12 bits per heavy atom. The Labute approximate surface area is 149 Å². The predicted octanol–water partition coefficient (Wildman–Crippen LogP) is 5.31. The first-order valence-corrected chi connectivity index (χ1v) is 11.3. The number of carbonyl (C=O) groups excluding carboxylic acids is 1. The van der Waals surface area contributed by atoms with Crippen molar-refractivity contribution in [3.8, 4) is 5.75 Å². The molecule has 0 aliphatic heterocycles. The van der Waals surface area contributed by atoms with Crippen LogP contribution in [0.4, 0.5) is 0 Å². The van der Waals surface area contributed by atoms with E-state index in [1.54, 1.807) is 0 Å². The first kappa shape index (κ1) is 20.8. The molecule has 0 heterocycles. The van der Waals surface area contributed by atoms with Gasteiger partial charge in [0.15, 0.2) is 0 Å². The van der Waals surface area contributed by atoms with Crippen LogP contribution in [0.3, 0.4) is 0 Å². The molecular weight excluding hydrogens is 316 g/mol. The second-order valence-corrected chi connectivity index (χ2v) is 9.54. The number of esters is 1. The maximum atomic E-state index is 12.4. The summed E-state index contributed by atoms with van der Waals surface area (Å²) in [4.78, 5) is 12.4. The summed E-state index contributed by atoms with van der Waals surface area (Å²) < 4.78 is 11.3. The quantitative estimate of drug-likeness (QED) is 0.494. The molecule has 4 heteroatoms. The summed E-state index contributed by atoms with van der Waals surface area (Å²) in [5.74, 6) is 0.454. The molecule has 0 N–H and O–H groups in total. The average molecular weight is 350 g/mol. The molecule has 1 radical (unpaired) electrons. The van der Waals surface area contributed by atoms with Crippen molar-refractivity contribution < 1.29 is 14.0 Å². The van der Waals surface area contributed by atoms with Gasteiger partial charge in [-0.05, 0) is 54.1 Å². The standard InChI is InChI=1S/C20H33O3Si/c1-9-11-14-13-16(19(21)22-6)18(23-24(7)8)15(12-10-2)17(14)20(3,4)5/h13H,9-12H2,1-8H3. The minimum Gasteiger partial charge on any atom is -0.542 e. The largest absolute Gasteiger partial charge is 0.542 e. The third-order valence-electron chi connectivity index (χ3n) is 3.94. The molecule has 3 nitrogen and oxygen atoms in total. The highest BCUT2D eigenvalue weighted by atomic mass is 28.3. The van der Waals surface area contributed by atoms with Crippen molar-refractivity contribution in [1.29, 1.82) is 0 Å². The van der Waals surface area contributed by atoms with Crippen LogP contribution >= 0.6 is 0 Å². The van der Waals surface area contributed by atoms with E-state index in [9.17, 15) is 4.79 Å². The van der Waals surface area contributed by atoms with Crippen LogP contribution in [-0.2, 0) is 23.0 Å². The number of carbonyl (C=O) groups is 1. The minimum atomic E-state index is -0.984. The van der Waals surface area contributed by atoms with Crippen LogP contribution in [0.15, 0.2) is 6.07 Å². The topological polar surface area (TPSA) is 35.5 Å². The summed E-state index contributed by atoms with van der Waals surface area (Å²) in [6, 6.07) is 2.01. The molecule has 24 heavy (non-hydrogen) atoms. The summed E-state index contributed by atoms with van der Waals surface area (Å²) in [6.07, 6.45) is 3.94. The number of hydrogen-bond acceptors (Lipinski definition) is 3. The first-order chi connectivity index (χ1) is 11.2. The van der Waals surface area contributed by atoms with Gasteiger partial charge in [-0.2, -0.15) is 0 Å². The van der Waals surface area contributed by atoms with Crippen molar-refractivity contribution in [2.24, 2.45) is 0 Å². The van der Waals surface area contributed by atoms with Crippen molar-refractivity contribution >= 4 is 15.0 Å². The Kier molecular flexibility index (Phi) is 7.52. The normalized spacial score (nSPS) is 11.7. The van der Waals surface area contributed by atoms with E-state index in [1.807, 2.05) is 6.07 Å². The summed E-state index contributed by atoms with van der Waals surface area (Å²) in [6.45, 7) is 15.3. The van der Waals surface area contributed by atoms with Gasteiger partial charge in [-0.1, -0.05) is 47.5 Å². The lowest BCUT2D eigenvalue weighted by molar-refractivity contribution is 0.0598. The predicted molar refractivity (Wildman–Crippen MR) is 103 cm³/mol. The Morgan fingerprint density at radius 2 is 1.71 bits per heavy atom. The smallest absolute Gasteiger partial charge is 0.341 e. The highest BCUT2D eigenvalue weighted by molar-refractivity contribution is 6.49. The maximum absolute atomic E-state index is 12.4. The molecule has 0 bridgehead atoms. The summed E-state index contributed by atoms with van der Waals surface area (Å²) in [5.41, 5.74) is 4.39. The molecule has 0 fully saturated rings. The second kappa shape index (κ2) is 8.70. The van der Waals surface area contributed by atoms with Gasteiger partial charge in [0.05, 0.1) is 7.11 Å². The summed E-state index contributed by atoms with van der Waals surface area (Å²) in [5, 5.41) is 0. The van der Waals surface area contributed by atoms with E-state index in [4.69, 9.17) is 9.16 Å². The van der Waals surface area contributed by atoms with E-state index >= 15 is 0 Å². The van der Waals surface area contributed by atoms with Crippen molar-refractivity contribution in [2.75, 3.05) is 7.11 Å². The highest BCUT2D eigenvalue weighted by Crippen LogP contribution is 2.39. The molecule has 0 amide bonds. The average Bonchev–Trinajstić information content (AvgIpc) is 2.47. The van der Waals surface area contributed by atoms with E-state index in [2.05, 4.69) is 47.7 Å². The second-order valence-electron chi connectivity index (χ2n) is 7.52. The van der Waals surface area contributed by atoms with E-state index in [0.29, 0.717) is 5.56 Å². The van der Waals surface area contributed by atoms with Crippen molar-refractivity contribution in [3.63, 3.8) is 0 Å². The number of methoxy groups -OCH3 is 1. The highest BCUT2D eigenvalue weighted by Gasteiger charge is 2.29. The molecule has 1 rings (SSSR count). The zero-order chi connectivity index (χ0) is 18.5. The molecule has 0 aromatic heterocycles. The van der Waals surface area contributed by atoms with E-state index < -0.39 is 9.04 Å². The zero-order valence-electron chi connectivity index (χ0n) is 16.6. The Hall–Kier alpha value is -1.29. The SMILES string of the molecule is CCCc1cc(C(=O)OC)c(O[Si](C)C)c(CCC)c1C(C)(C)C. The lowest BCUT2D eigenvalue weighted by Crippen LogP contribution is -2.23. The van der Waals surface area contributed by atoms with Crippen LogP contribution in [0.25, 0.3) is 0 Å². The van der Waals surface area contributed by atoms with Gasteiger partial charge in [-0.3, -0.25) is 0 Å². The fraction of sp³-hybridized carbons (Fsp3) is 0.650. The zero-order valence-corrected chi connectivity index (χ0v) is 17.6. The van der Waals surface area contributed by atoms with Crippen molar-refractivity contribution in [1.82, 2.24) is 0 Å². The van der Waals surface area contributed by atoms with Gasteiger partial charge < -0.3 is 9.16 Å². The van der Waals surface area contributed by atoms with Crippen LogP contribution in [0.2, 0.25) is 13.1 Å². The summed E-state index contributed by atoms with van der Waals surface area (Å²) in [7, 11) is 0.453. The Morgan fingerprint density at radius 3 is 2.12 bits per heavy atom. The van der Waals surface area contributed by atoms with Gasteiger partial charge in [-0.15, -0.1) is 0 Å². The van der Waals surface area contributed by atoms with Gasteiger partial charge in [0.2, 0.25) is 0 Å². The number of aryl methyl sites for hydroxylation is 1. The van der Waals surface area contributed by atoms with E-state index in [0.717, 1.165) is 31.4 Å². The van der Waals surface area contributed by atoms with Gasteiger partial charge in [-0.25, -0.2) is 4.79 Å². The molecule has 0 atom stereocenters. The number of hydrogen-bond donors (Lipinski definition) is 0. The molecule has 0 saturated carbocycles. The third kappa shape index (κ3) is 4.85. The molecule has 0 saturated heterocycles. The van der Waals surface area contributed by atoms with Crippen molar-refractivity contribution in [3.05, 3.63) is 28.3 Å². The summed E-state index contributed by atoms with van der Waals surface area (Å²) >= 11 is 0. The van der Waals surface area contributed by atoms with Crippen LogP contribution in [0.5, 0.6) is 5.75 Å². The molecule has 0 aliphatic carbocycles. The first-order valence-electron chi connectivity index (χ1n) is 8.92. The molecule has 1 aromatic carbocycles. The van der Waals surface area contributed by atoms with Crippen LogP contribution in [0.1, 0.15) is 74.5 Å². The van der Waals surface area contributed by atoms with Gasteiger partial charge >= 0.3 is 5.97 Å². The van der Waals surface area contributed by atoms with E-state index in [1.165, 1.54) is 23.8 Å². The molecule has 0 unspecified atom stereocenters. The molecule has 0 spiro atoms. The lowest BCUT2D eigenvalue weighted by Gasteiger charge is -2.30. The minimum absolute atomic E-state index is 0.0101. The Balaban J connectivity index is 3.82. The molecule has 1 aromatic rings. The van der Waals surface area contributed by atoms with E-state index in [-0.39, 0.29) is 11.4 Å². The van der Waals surface area contributed by atoms with Crippen molar-refractivity contribution in [2.45, 2.75) is 78.8 Å². The van der Waals surface area contributed by atoms with Gasteiger partial charge in [0.1, 0.15) is 11.3 Å². The van der Waals surface area contributed by atoms with Crippen LogP contribution in [0, 0.1) is 0 Å². The maximum Gasteiger partial charge on any atom is 0.341 e. The monoisotopic (exact) mass is 349 g/mol. The molecule has 0 aliphatic rings. The van der Waals surface area contributed by atoms with Gasteiger partial charge in [0.25, 0.3) is 9.04 Å². The number of ether oxygens (including phenoxy) is 1. The number of benzene rings is 1. The fourth-order valence-electron chi connectivity index (χ4n) is 3.25. The number of rotatable bonds is 7. The van der Waals surface area contributed by atoms with Crippen LogP contribution < -0.4 is 4.43 Å². The van der Waals surface area contributed by atoms with Gasteiger partial charge in [0, 0.05) is 0 Å². The lowest BCUT2D eigenvalue weighted by atomic mass is 9.77.